The van der Waals surface area contributed by atoms with E-state index in [2.05, 4.69) is 60.3 Å². The van der Waals surface area contributed by atoms with Gasteiger partial charge in [-0.25, -0.2) is 9.97 Å². The van der Waals surface area contributed by atoms with Gasteiger partial charge in [-0.2, -0.15) is 0 Å². The molecule has 3 aromatic rings. The summed E-state index contributed by atoms with van der Waals surface area (Å²) in [6.45, 7) is 14.9. The molecule has 3 rings (SSSR count). The van der Waals surface area contributed by atoms with Gasteiger partial charge in [-0.05, 0) is 48.1 Å². The molecule has 1 aromatic carbocycles. The fourth-order valence-electron chi connectivity index (χ4n) is 2.89. The Labute approximate surface area is 168 Å². The molecule has 2 aromatic heterocycles. The Morgan fingerprint density at radius 1 is 1.04 bits per heavy atom. The summed E-state index contributed by atoms with van der Waals surface area (Å²) in [5.41, 5.74) is 5.49. The zero-order chi connectivity index (χ0) is 20.9. The third-order valence-corrected chi connectivity index (χ3v) is 4.51. The molecule has 0 unspecified atom stereocenters. The Morgan fingerprint density at radius 3 is 2.29 bits per heavy atom. The molecule has 1 amide bonds. The van der Waals surface area contributed by atoms with Gasteiger partial charge in [-0.15, -0.1) is 0 Å². The molecule has 0 aliphatic heterocycles. The van der Waals surface area contributed by atoms with Crippen molar-refractivity contribution in [3.63, 3.8) is 0 Å². The number of amides is 1. The van der Waals surface area contributed by atoms with Crippen LogP contribution in [0.2, 0.25) is 0 Å². The minimum Gasteiger partial charge on any atom is -0.348 e. The van der Waals surface area contributed by atoms with Gasteiger partial charge >= 0.3 is 0 Å². The van der Waals surface area contributed by atoms with Crippen LogP contribution in [0.1, 0.15) is 67.4 Å². The van der Waals surface area contributed by atoms with Crippen LogP contribution in [-0.2, 0) is 12.0 Å². The molecule has 0 aliphatic carbocycles. The Bertz CT molecular complexity index is 954. The zero-order valence-electron chi connectivity index (χ0n) is 18.1. The van der Waals surface area contributed by atoms with Crippen molar-refractivity contribution in [3.05, 3.63) is 70.5 Å². The second-order valence-electron chi connectivity index (χ2n) is 7.81. The number of aromatic nitrogens is 2. The molecule has 0 saturated heterocycles. The molecule has 0 fully saturated rings. The van der Waals surface area contributed by atoms with Gasteiger partial charge in [-0.3, -0.25) is 4.79 Å². The minimum absolute atomic E-state index is 0.113. The number of carbonyl (C=O) groups is 1. The summed E-state index contributed by atoms with van der Waals surface area (Å²) in [5.74, 6) is -0.113. The van der Waals surface area contributed by atoms with Crippen molar-refractivity contribution in [3.8, 4) is 0 Å². The van der Waals surface area contributed by atoms with Crippen LogP contribution in [0, 0.1) is 13.8 Å². The number of nitrogens with one attached hydrogen (secondary N) is 1. The molecular weight excluding hydrogens is 346 g/mol. The van der Waals surface area contributed by atoms with E-state index in [1.165, 1.54) is 5.56 Å². The average Bonchev–Trinajstić information content (AvgIpc) is 2.67. The maximum absolute atomic E-state index is 12.6. The van der Waals surface area contributed by atoms with Crippen LogP contribution in [0.25, 0.3) is 11.0 Å². The number of fused-ring (bicyclic) bond motifs is 1. The van der Waals surface area contributed by atoms with E-state index in [1.807, 2.05) is 39.8 Å². The van der Waals surface area contributed by atoms with E-state index in [0.717, 1.165) is 16.5 Å². The molecule has 0 atom stereocenters. The third kappa shape index (κ3) is 5.16. The monoisotopic (exact) mass is 377 g/mol. The number of hydrogen-bond acceptors (Lipinski definition) is 3. The first-order valence-electron chi connectivity index (χ1n) is 9.85. The highest BCUT2D eigenvalue weighted by molar-refractivity contribution is 5.98. The number of carbonyl (C=O) groups excluding carboxylic acids is 1. The summed E-state index contributed by atoms with van der Waals surface area (Å²) in [7, 11) is 0. The number of rotatable bonds is 3. The summed E-state index contributed by atoms with van der Waals surface area (Å²) in [6, 6.07) is 12.3. The van der Waals surface area contributed by atoms with E-state index in [-0.39, 0.29) is 11.3 Å². The molecule has 0 radical (unpaired) electrons. The second-order valence-corrected chi connectivity index (χ2v) is 7.81. The highest BCUT2D eigenvalue weighted by atomic mass is 16.1. The Balaban J connectivity index is 0.00000136. The van der Waals surface area contributed by atoms with E-state index in [1.54, 1.807) is 6.20 Å². The summed E-state index contributed by atoms with van der Waals surface area (Å²) in [5, 5.41) is 3.88. The lowest BCUT2D eigenvalue weighted by Crippen LogP contribution is -2.24. The van der Waals surface area contributed by atoms with Gasteiger partial charge in [0.15, 0.2) is 5.65 Å². The summed E-state index contributed by atoms with van der Waals surface area (Å²) in [4.78, 5) is 21.4. The molecule has 0 aliphatic rings. The Morgan fingerprint density at radius 2 is 1.68 bits per heavy atom. The number of hydrogen-bond donors (Lipinski definition) is 1. The van der Waals surface area contributed by atoms with Crippen LogP contribution in [-0.4, -0.2) is 15.9 Å². The topological polar surface area (TPSA) is 54.9 Å². The van der Waals surface area contributed by atoms with Crippen molar-refractivity contribution in [1.82, 2.24) is 15.3 Å². The first-order chi connectivity index (χ1) is 13.2. The zero-order valence-corrected chi connectivity index (χ0v) is 18.1. The lowest BCUT2D eigenvalue weighted by Gasteiger charge is -2.19. The molecule has 2 heterocycles. The van der Waals surface area contributed by atoms with Crippen molar-refractivity contribution in [1.29, 1.82) is 0 Å². The van der Waals surface area contributed by atoms with Crippen LogP contribution in [0.4, 0.5) is 0 Å². The predicted molar refractivity (Wildman–Crippen MR) is 117 cm³/mol. The molecule has 1 N–H and O–H groups in total. The quantitative estimate of drug-likeness (QED) is 0.655. The number of nitrogens with zero attached hydrogens (tertiary/aromatic N) is 2. The molecule has 0 saturated carbocycles. The van der Waals surface area contributed by atoms with E-state index >= 15 is 0 Å². The fraction of sp³-hybridized carbons (Fsp3) is 0.375. The van der Waals surface area contributed by atoms with Crippen LogP contribution < -0.4 is 5.32 Å². The largest absolute Gasteiger partial charge is 0.348 e. The van der Waals surface area contributed by atoms with E-state index in [4.69, 9.17) is 0 Å². The van der Waals surface area contributed by atoms with Gasteiger partial charge in [0.05, 0.1) is 11.3 Å². The van der Waals surface area contributed by atoms with Gasteiger partial charge in [0.1, 0.15) is 0 Å². The van der Waals surface area contributed by atoms with Crippen LogP contribution in [0.3, 0.4) is 0 Å². The Hall–Kier alpha value is -2.75. The summed E-state index contributed by atoms with van der Waals surface area (Å²) >= 11 is 0. The van der Waals surface area contributed by atoms with Crippen LogP contribution in [0.5, 0.6) is 0 Å². The summed E-state index contributed by atoms with van der Waals surface area (Å²) < 4.78 is 0. The maximum Gasteiger partial charge on any atom is 0.253 e. The minimum atomic E-state index is -0.113. The number of benzene rings is 1. The Kier molecular flexibility index (Phi) is 6.90. The molecule has 4 nitrogen and oxygen atoms in total. The van der Waals surface area contributed by atoms with Crippen molar-refractivity contribution >= 4 is 16.9 Å². The van der Waals surface area contributed by atoms with Gasteiger partial charge in [0.2, 0.25) is 0 Å². The van der Waals surface area contributed by atoms with Crippen LogP contribution in [0.15, 0.2) is 42.6 Å². The van der Waals surface area contributed by atoms with Crippen molar-refractivity contribution in [2.45, 2.75) is 60.4 Å². The normalized spacial score (nSPS) is 11.0. The lowest BCUT2D eigenvalue weighted by molar-refractivity contribution is 0.0950. The molecule has 0 bridgehead atoms. The van der Waals surface area contributed by atoms with Crippen molar-refractivity contribution in [2.75, 3.05) is 0 Å². The number of aryl methyl sites for hydroxylation is 2. The van der Waals surface area contributed by atoms with E-state index in [0.29, 0.717) is 23.4 Å². The van der Waals surface area contributed by atoms with Gasteiger partial charge in [0, 0.05) is 18.1 Å². The molecule has 28 heavy (non-hydrogen) atoms. The first-order valence-corrected chi connectivity index (χ1v) is 9.85. The first kappa shape index (κ1) is 21.5. The van der Waals surface area contributed by atoms with Crippen molar-refractivity contribution < 1.29 is 4.79 Å². The molecule has 148 valence electrons. The van der Waals surface area contributed by atoms with Gasteiger partial charge in [0.25, 0.3) is 5.91 Å². The summed E-state index contributed by atoms with van der Waals surface area (Å²) in [6.07, 6.45) is 1.79. The predicted octanol–water partition coefficient (Wildman–Crippen LogP) is 5.50. The second kappa shape index (κ2) is 8.96. The van der Waals surface area contributed by atoms with E-state index < -0.39 is 0 Å². The SMILES string of the molecule is CC.Cc1cnc2nc(C)c(C(=O)NCc3ccc(C(C)(C)C)cc3)cc2c1. The lowest BCUT2D eigenvalue weighted by atomic mass is 9.87. The van der Waals surface area contributed by atoms with Gasteiger partial charge in [-0.1, -0.05) is 58.9 Å². The fourth-order valence-corrected chi connectivity index (χ4v) is 2.89. The highest BCUT2D eigenvalue weighted by Gasteiger charge is 2.14. The van der Waals surface area contributed by atoms with Crippen molar-refractivity contribution in [2.24, 2.45) is 0 Å². The average molecular weight is 378 g/mol. The molecule has 4 heteroatoms. The van der Waals surface area contributed by atoms with Gasteiger partial charge < -0.3 is 5.32 Å². The highest BCUT2D eigenvalue weighted by Crippen LogP contribution is 2.22. The van der Waals surface area contributed by atoms with Crippen LogP contribution >= 0.6 is 0 Å². The maximum atomic E-state index is 12.6. The third-order valence-electron chi connectivity index (χ3n) is 4.51. The molecule has 0 spiro atoms. The standard InChI is InChI=1S/C22H25N3O.C2H6/c1-14-10-17-11-19(15(2)25-20(17)23-12-14)21(26)24-13-16-6-8-18(9-7-16)22(3,4)5;1-2/h6-12H,13H2,1-5H3,(H,24,26);1-2H3. The van der Waals surface area contributed by atoms with E-state index in [9.17, 15) is 4.79 Å². The smallest absolute Gasteiger partial charge is 0.253 e. The number of pyridine rings is 2. The molecular formula is C24H31N3O.